The molecule has 0 fully saturated rings. The molecule has 0 spiro atoms. The highest BCUT2D eigenvalue weighted by Crippen LogP contribution is 2.29. The van der Waals surface area contributed by atoms with Gasteiger partial charge in [-0.3, -0.25) is 4.79 Å². The Labute approximate surface area is 167 Å². The molecule has 1 heterocycles. The summed E-state index contributed by atoms with van der Waals surface area (Å²) in [6.45, 7) is 0.609. The molecule has 0 atom stereocenters. The zero-order valence-corrected chi connectivity index (χ0v) is 16.7. The first-order chi connectivity index (χ1) is 12.4. The summed E-state index contributed by atoms with van der Waals surface area (Å²) in [5.74, 6) is -1.84. The average Bonchev–Trinajstić information content (AvgIpc) is 2.62. The Morgan fingerprint density at radius 3 is 2.77 bits per heavy atom. The Morgan fingerprint density at radius 2 is 2.12 bits per heavy atom. The number of halogens is 2. The molecule has 1 aromatic heterocycles. The summed E-state index contributed by atoms with van der Waals surface area (Å²) in [7, 11) is 0. The summed E-state index contributed by atoms with van der Waals surface area (Å²) >= 11 is 10.7. The highest BCUT2D eigenvalue weighted by atomic mass is 79.9. The first-order valence-electron chi connectivity index (χ1n) is 7.29. The summed E-state index contributed by atoms with van der Waals surface area (Å²) in [5.41, 5.74) is 6.12. The molecule has 1 amide bonds. The molecule has 138 valence electrons. The fourth-order valence-corrected chi connectivity index (χ4v) is 3.03. The maximum Gasteiger partial charge on any atom is 0.339 e. The molecule has 1 aromatic carbocycles. The minimum absolute atomic E-state index is 0.168. The SMILES string of the molecule is CSc1ncc(C(=O)O)c(C(=O)NCCNNc2c(Cl)cccc2Br)n1. The molecule has 0 radical (unpaired) electrons. The molecule has 2 rings (SSSR count). The Hall–Kier alpha value is -1.88. The second kappa shape index (κ2) is 9.72. The third kappa shape index (κ3) is 5.31. The van der Waals surface area contributed by atoms with Crippen LogP contribution in [0, 0.1) is 0 Å². The van der Waals surface area contributed by atoms with Crippen molar-refractivity contribution in [2.75, 3.05) is 24.8 Å². The average molecular weight is 461 g/mol. The van der Waals surface area contributed by atoms with E-state index in [-0.39, 0.29) is 17.8 Å². The Morgan fingerprint density at radius 1 is 1.35 bits per heavy atom. The van der Waals surface area contributed by atoms with E-state index >= 15 is 0 Å². The largest absolute Gasteiger partial charge is 0.478 e. The molecule has 0 aliphatic heterocycles. The number of nitrogens with zero attached hydrogens (tertiary/aromatic N) is 2. The molecule has 0 unspecified atom stereocenters. The van der Waals surface area contributed by atoms with Crippen LogP contribution in [-0.4, -0.2) is 46.3 Å². The number of thioether (sulfide) groups is 1. The Balaban J connectivity index is 1.90. The van der Waals surface area contributed by atoms with Crippen molar-refractivity contribution in [3.63, 3.8) is 0 Å². The number of benzene rings is 1. The van der Waals surface area contributed by atoms with Crippen LogP contribution in [-0.2, 0) is 0 Å². The number of nitrogens with one attached hydrogen (secondary N) is 3. The number of rotatable bonds is 8. The van der Waals surface area contributed by atoms with Crippen molar-refractivity contribution in [2.24, 2.45) is 0 Å². The number of anilines is 1. The van der Waals surface area contributed by atoms with Gasteiger partial charge in [-0.05, 0) is 34.3 Å². The van der Waals surface area contributed by atoms with E-state index in [2.05, 4.69) is 42.1 Å². The fourth-order valence-electron chi connectivity index (χ4n) is 1.88. The molecule has 0 saturated carbocycles. The molecule has 8 nitrogen and oxygen atoms in total. The van der Waals surface area contributed by atoms with E-state index in [1.807, 2.05) is 12.1 Å². The van der Waals surface area contributed by atoms with Crippen molar-refractivity contribution in [1.29, 1.82) is 0 Å². The highest BCUT2D eigenvalue weighted by molar-refractivity contribution is 9.10. The van der Waals surface area contributed by atoms with Crippen molar-refractivity contribution in [3.05, 3.63) is 45.1 Å². The molecule has 0 aliphatic carbocycles. The van der Waals surface area contributed by atoms with E-state index in [1.54, 1.807) is 12.3 Å². The lowest BCUT2D eigenvalue weighted by Crippen LogP contribution is -2.35. The molecule has 0 aliphatic rings. The minimum atomic E-state index is -1.26. The Kier molecular flexibility index (Phi) is 7.64. The van der Waals surface area contributed by atoms with Gasteiger partial charge in [-0.15, -0.1) is 0 Å². The smallest absolute Gasteiger partial charge is 0.339 e. The van der Waals surface area contributed by atoms with E-state index in [9.17, 15) is 9.59 Å². The van der Waals surface area contributed by atoms with Gasteiger partial charge in [0.25, 0.3) is 5.91 Å². The zero-order valence-electron chi connectivity index (χ0n) is 13.5. The van der Waals surface area contributed by atoms with E-state index in [4.69, 9.17) is 16.7 Å². The first-order valence-corrected chi connectivity index (χ1v) is 9.69. The van der Waals surface area contributed by atoms with Crippen LogP contribution in [0.25, 0.3) is 0 Å². The van der Waals surface area contributed by atoms with Crippen LogP contribution in [0.15, 0.2) is 34.0 Å². The van der Waals surface area contributed by atoms with E-state index in [0.717, 1.165) is 10.7 Å². The second-order valence-corrected chi connectivity index (χ2v) is 6.86. The number of carbonyl (C=O) groups is 2. The molecule has 2 aromatic rings. The van der Waals surface area contributed by atoms with Gasteiger partial charge in [0.05, 0.1) is 10.7 Å². The predicted molar refractivity (Wildman–Crippen MR) is 104 cm³/mol. The topological polar surface area (TPSA) is 116 Å². The number of hydrazine groups is 1. The van der Waals surface area contributed by atoms with Crippen LogP contribution >= 0.6 is 39.3 Å². The van der Waals surface area contributed by atoms with Gasteiger partial charge in [-0.2, -0.15) is 0 Å². The lowest BCUT2D eigenvalue weighted by atomic mass is 10.2. The molecular weight excluding hydrogens is 446 g/mol. The van der Waals surface area contributed by atoms with Crippen molar-refractivity contribution in [2.45, 2.75) is 5.16 Å². The van der Waals surface area contributed by atoms with Gasteiger partial charge in [-0.25, -0.2) is 20.2 Å². The summed E-state index contributed by atoms with van der Waals surface area (Å²) < 4.78 is 0.790. The first kappa shape index (κ1) is 20.4. The van der Waals surface area contributed by atoms with Crippen LogP contribution in [0.1, 0.15) is 20.8 Å². The van der Waals surface area contributed by atoms with Crippen molar-refractivity contribution >= 4 is 56.9 Å². The molecule has 0 bridgehead atoms. The summed E-state index contributed by atoms with van der Waals surface area (Å²) in [4.78, 5) is 31.3. The molecule has 4 N–H and O–H groups in total. The number of amides is 1. The number of aromatic carboxylic acids is 1. The highest BCUT2D eigenvalue weighted by Gasteiger charge is 2.19. The molecule has 0 saturated heterocycles. The number of carboxylic acid groups (broad SMARTS) is 1. The van der Waals surface area contributed by atoms with Crippen molar-refractivity contribution < 1.29 is 14.7 Å². The summed E-state index contributed by atoms with van der Waals surface area (Å²) in [5, 5.41) is 12.6. The van der Waals surface area contributed by atoms with E-state index in [1.165, 1.54) is 11.8 Å². The van der Waals surface area contributed by atoms with Gasteiger partial charge >= 0.3 is 5.97 Å². The number of hydrogen-bond donors (Lipinski definition) is 4. The Bertz CT molecular complexity index is 804. The predicted octanol–water partition coefficient (Wildman–Crippen LogP) is 2.66. The van der Waals surface area contributed by atoms with Gasteiger partial charge in [0.2, 0.25) is 0 Å². The quantitative estimate of drug-likeness (QED) is 0.206. The van der Waals surface area contributed by atoms with Gasteiger partial charge in [0, 0.05) is 23.8 Å². The van der Waals surface area contributed by atoms with Crippen LogP contribution in [0.3, 0.4) is 0 Å². The molecule has 26 heavy (non-hydrogen) atoms. The summed E-state index contributed by atoms with van der Waals surface area (Å²) in [6, 6.07) is 5.38. The number of para-hydroxylation sites is 1. The zero-order chi connectivity index (χ0) is 19.1. The minimum Gasteiger partial charge on any atom is -0.478 e. The van der Waals surface area contributed by atoms with Crippen molar-refractivity contribution in [3.8, 4) is 0 Å². The monoisotopic (exact) mass is 459 g/mol. The van der Waals surface area contributed by atoms with Crippen LogP contribution in [0.2, 0.25) is 5.02 Å². The fraction of sp³-hybridized carbons (Fsp3) is 0.200. The third-order valence-electron chi connectivity index (χ3n) is 3.11. The van der Waals surface area contributed by atoms with E-state index < -0.39 is 11.9 Å². The summed E-state index contributed by atoms with van der Waals surface area (Å²) in [6.07, 6.45) is 2.87. The molecular formula is C15H15BrClN5O3S. The number of aromatic nitrogens is 2. The third-order valence-corrected chi connectivity index (χ3v) is 4.64. The van der Waals surface area contributed by atoms with Gasteiger partial charge in [0.1, 0.15) is 11.3 Å². The lowest BCUT2D eigenvalue weighted by molar-refractivity contribution is 0.0689. The van der Waals surface area contributed by atoms with Gasteiger partial charge in [-0.1, -0.05) is 29.4 Å². The lowest BCUT2D eigenvalue weighted by Gasteiger charge is -2.12. The standard InChI is InChI=1S/C15H15BrClN5O3S/c1-26-15-19-7-8(14(24)25)11(21-15)13(23)18-5-6-20-22-12-9(16)3-2-4-10(12)17/h2-4,7,20,22H,5-6H2,1H3,(H,18,23)(H,24,25). The maximum atomic E-state index is 12.2. The van der Waals surface area contributed by atoms with Crippen LogP contribution in [0.5, 0.6) is 0 Å². The van der Waals surface area contributed by atoms with Crippen molar-refractivity contribution in [1.82, 2.24) is 20.7 Å². The second-order valence-electron chi connectivity index (χ2n) is 4.83. The molecule has 11 heteroatoms. The number of hydrogen-bond acceptors (Lipinski definition) is 7. The maximum absolute atomic E-state index is 12.2. The normalized spacial score (nSPS) is 10.4. The number of carboxylic acids is 1. The van der Waals surface area contributed by atoms with Gasteiger partial charge in [0.15, 0.2) is 5.16 Å². The van der Waals surface area contributed by atoms with E-state index in [0.29, 0.717) is 22.4 Å². The van der Waals surface area contributed by atoms with Gasteiger partial charge < -0.3 is 15.8 Å². The van der Waals surface area contributed by atoms with Crippen LogP contribution in [0.4, 0.5) is 5.69 Å². The number of carbonyl (C=O) groups excluding carboxylic acids is 1. The van der Waals surface area contributed by atoms with Crippen LogP contribution < -0.4 is 16.2 Å².